The maximum absolute atomic E-state index is 13.4. The molecule has 4 amide bonds. The molecule has 0 unspecified atom stereocenters. The largest absolute Gasteiger partial charge is 0.477 e. The molecule has 2 saturated heterocycles. The van der Waals surface area contributed by atoms with Gasteiger partial charge in [0.25, 0.3) is 17.7 Å². The summed E-state index contributed by atoms with van der Waals surface area (Å²) in [6, 6.07) is -1.99. The summed E-state index contributed by atoms with van der Waals surface area (Å²) in [5.41, 5.74) is -0.0707. The highest BCUT2D eigenvalue weighted by Gasteiger charge is 2.56. The smallest absolute Gasteiger partial charge is 0.355 e. The van der Waals surface area contributed by atoms with Gasteiger partial charge in [-0.15, -0.1) is 23.5 Å². The van der Waals surface area contributed by atoms with E-state index in [2.05, 4.69) is 20.9 Å². The molecule has 0 spiro atoms. The van der Waals surface area contributed by atoms with Crippen LogP contribution in [0.15, 0.2) is 27.5 Å². The van der Waals surface area contributed by atoms with E-state index in [4.69, 9.17) is 14.2 Å². The van der Waals surface area contributed by atoms with Crippen LogP contribution in [0.25, 0.3) is 0 Å². The Bertz CT molecular complexity index is 1630. The van der Waals surface area contributed by atoms with E-state index >= 15 is 0 Å². The molecule has 0 radical (unpaired) electrons. The van der Waals surface area contributed by atoms with Gasteiger partial charge in [0.2, 0.25) is 5.91 Å². The molecular weight excluding hydrogens is 745 g/mol. The van der Waals surface area contributed by atoms with E-state index in [1.54, 1.807) is 0 Å². The number of carbonyl (C=O) groups excluding carboxylic acids is 7. The van der Waals surface area contributed by atoms with Gasteiger partial charge in [-0.2, -0.15) is 0 Å². The summed E-state index contributed by atoms with van der Waals surface area (Å²) in [4.78, 5) is 107. The summed E-state index contributed by atoms with van der Waals surface area (Å²) < 4.78 is 15.3. The second kappa shape index (κ2) is 17.5. The van der Waals surface area contributed by atoms with Gasteiger partial charge in [-0.05, 0) is 27.7 Å². The monoisotopic (exact) mass is 784 g/mol. The molecule has 18 nitrogen and oxygen atoms in total. The molecule has 0 saturated carbocycles. The fraction of sp³-hybridized carbons (Fsp3) is 0.581. The average molecular weight is 785 g/mol. The van der Waals surface area contributed by atoms with E-state index in [0.29, 0.717) is 5.17 Å². The lowest BCUT2D eigenvalue weighted by Crippen LogP contribution is -2.71. The molecule has 4 heterocycles. The Kier molecular flexibility index (Phi) is 13.7. The molecule has 4 aliphatic rings. The fourth-order valence-corrected chi connectivity index (χ4v) is 8.93. The summed E-state index contributed by atoms with van der Waals surface area (Å²) in [6.07, 6.45) is 0. The number of carboxylic acids is 1. The number of carboxylic acid groups (broad SMARTS) is 1. The molecule has 2 fully saturated rings. The minimum atomic E-state index is -1.40. The van der Waals surface area contributed by atoms with E-state index in [1.807, 2.05) is 27.7 Å². The zero-order valence-electron chi connectivity index (χ0n) is 29.2. The predicted octanol–water partition coefficient (Wildman–Crippen LogP) is -0.456. The number of ether oxygens (including phenoxy) is 3. The number of thioether (sulfide) groups is 3. The van der Waals surface area contributed by atoms with Gasteiger partial charge in [0.05, 0.1) is 5.75 Å². The summed E-state index contributed by atoms with van der Waals surface area (Å²) >= 11 is 3.60. The summed E-state index contributed by atoms with van der Waals surface area (Å²) in [5.74, 6) is -6.07. The number of β-lactam (4-membered cyclic amide) rings is 2. The molecule has 4 rings (SSSR count). The SMILES string of the molecule is CC(=O)OCC1=C(C(=O)O)N2C(=O)[C@@H](NC(=O)COC(=O)C3=C(COC(C)=O)CS[C@@H]4[C@H](NC(=O)CSC(=NC(C)C)NC(C)C)C(=O)N34)[C@H]2SC1. The first kappa shape index (κ1) is 40.5. The second-order valence-corrected chi connectivity index (χ2v) is 15.5. The first-order valence-electron chi connectivity index (χ1n) is 16.1. The van der Waals surface area contributed by atoms with Gasteiger partial charge in [0, 0.05) is 48.6 Å². The number of amidine groups is 1. The van der Waals surface area contributed by atoms with Gasteiger partial charge in [-0.3, -0.25) is 43.6 Å². The van der Waals surface area contributed by atoms with Crippen LogP contribution in [0.2, 0.25) is 0 Å². The van der Waals surface area contributed by atoms with Crippen molar-refractivity contribution in [2.24, 2.45) is 4.99 Å². The Morgan fingerprint density at radius 2 is 1.33 bits per heavy atom. The van der Waals surface area contributed by atoms with Gasteiger partial charge >= 0.3 is 23.9 Å². The molecule has 0 aliphatic carbocycles. The third-order valence-electron chi connectivity index (χ3n) is 7.48. The highest BCUT2D eigenvalue weighted by atomic mass is 32.2. The molecule has 284 valence electrons. The summed E-state index contributed by atoms with van der Waals surface area (Å²) in [7, 11) is 0. The Hall–Kier alpha value is -4.24. The minimum Gasteiger partial charge on any atom is -0.477 e. The number of carbonyl (C=O) groups is 8. The number of aliphatic carboxylic acids is 1. The first-order chi connectivity index (χ1) is 24.5. The first-order valence-corrected chi connectivity index (χ1v) is 19.1. The molecule has 0 aromatic carbocycles. The van der Waals surface area contributed by atoms with Crippen molar-refractivity contribution in [3.8, 4) is 0 Å². The maximum Gasteiger partial charge on any atom is 0.355 e. The summed E-state index contributed by atoms with van der Waals surface area (Å²) in [5, 5.41) is 17.2. The van der Waals surface area contributed by atoms with Crippen LogP contribution >= 0.6 is 35.3 Å². The van der Waals surface area contributed by atoms with Crippen LogP contribution in [0.4, 0.5) is 0 Å². The van der Waals surface area contributed by atoms with Crippen molar-refractivity contribution in [3.63, 3.8) is 0 Å². The van der Waals surface area contributed by atoms with Crippen LogP contribution < -0.4 is 16.0 Å². The third kappa shape index (κ3) is 9.59. The zero-order chi connectivity index (χ0) is 38.4. The number of esters is 3. The lowest BCUT2D eigenvalue weighted by atomic mass is 10.0. The molecule has 0 bridgehead atoms. The van der Waals surface area contributed by atoms with Crippen molar-refractivity contribution in [2.75, 3.05) is 37.1 Å². The molecule has 4 N–H and O–H groups in total. The standard InChI is InChI=1S/C31H40N6O12S3/c1-13(2)32-31(33-14(3)4)52-12-20(41)35-22-26(43)37-24(18(8-48-16(6)39)11-51-28(22)37)30(46)49-9-19(40)34-21-25(42)36-23(29(44)45)17(7-47-15(5)38)10-50-27(21)36/h13-14,21-22,27-28H,7-12H2,1-6H3,(H,32,33)(H,34,40)(H,35,41)(H,44,45)/t21-,22-,27-,28-/m1/s1. The fourth-order valence-electron chi connectivity index (χ4n) is 5.32. The maximum atomic E-state index is 13.4. The molecule has 0 aromatic rings. The van der Waals surface area contributed by atoms with Crippen LogP contribution in [0.1, 0.15) is 41.5 Å². The Balaban J connectivity index is 1.38. The predicted molar refractivity (Wildman–Crippen MR) is 189 cm³/mol. The van der Waals surface area contributed by atoms with E-state index < -0.39 is 76.9 Å². The molecular formula is C31H40N6O12S3. The van der Waals surface area contributed by atoms with Crippen LogP contribution in [0.5, 0.6) is 0 Å². The van der Waals surface area contributed by atoms with Crippen LogP contribution in [-0.2, 0) is 52.6 Å². The van der Waals surface area contributed by atoms with Crippen LogP contribution in [0, 0.1) is 0 Å². The summed E-state index contributed by atoms with van der Waals surface area (Å²) in [6.45, 7) is 8.55. The zero-order valence-corrected chi connectivity index (χ0v) is 31.7. The molecule has 4 atom stereocenters. The topological polar surface area (TPSA) is 239 Å². The van der Waals surface area contributed by atoms with E-state index in [-0.39, 0.29) is 65.1 Å². The van der Waals surface area contributed by atoms with Gasteiger partial charge in [0.1, 0.15) is 47.4 Å². The van der Waals surface area contributed by atoms with Crippen molar-refractivity contribution < 1.29 is 57.7 Å². The Morgan fingerprint density at radius 1 is 0.827 bits per heavy atom. The number of hydrogen-bond donors (Lipinski definition) is 4. The molecule has 21 heteroatoms. The highest BCUT2D eigenvalue weighted by Crippen LogP contribution is 2.42. The number of hydrogen-bond acceptors (Lipinski definition) is 15. The lowest BCUT2D eigenvalue weighted by Gasteiger charge is -2.49. The number of rotatable bonds is 14. The van der Waals surface area contributed by atoms with Gasteiger partial charge < -0.3 is 35.3 Å². The number of aliphatic imine (C=N–C) groups is 1. The molecule has 52 heavy (non-hydrogen) atoms. The molecule has 0 aromatic heterocycles. The normalized spacial score (nSPS) is 22.6. The number of fused-ring (bicyclic) bond motifs is 2. The van der Waals surface area contributed by atoms with Gasteiger partial charge in [0.15, 0.2) is 11.8 Å². The van der Waals surface area contributed by atoms with Crippen molar-refractivity contribution in [1.82, 2.24) is 25.8 Å². The van der Waals surface area contributed by atoms with Crippen molar-refractivity contribution in [3.05, 3.63) is 22.5 Å². The van der Waals surface area contributed by atoms with Crippen LogP contribution in [-0.4, -0.2) is 140 Å². The van der Waals surface area contributed by atoms with E-state index in [0.717, 1.165) is 21.6 Å². The third-order valence-corrected chi connectivity index (χ3v) is 11.1. The quantitative estimate of drug-likeness (QED) is 0.0573. The van der Waals surface area contributed by atoms with E-state index in [1.165, 1.54) is 37.4 Å². The average Bonchev–Trinajstić information content (AvgIpc) is 3.07. The van der Waals surface area contributed by atoms with Crippen molar-refractivity contribution in [2.45, 2.75) is 76.5 Å². The Labute approximate surface area is 311 Å². The van der Waals surface area contributed by atoms with Crippen molar-refractivity contribution >= 4 is 88.0 Å². The van der Waals surface area contributed by atoms with Crippen molar-refractivity contribution in [1.29, 1.82) is 0 Å². The molecule has 4 aliphatic heterocycles. The second-order valence-electron chi connectivity index (χ2n) is 12.4. The highest BCUT2D eigenvalue weighted by molar-refractivity contribution is 8.14. The number of amides is 4. The van der Waals surface area contributed by atoms with Gasteiger partial charge in [-0.25, -0.2) is 9.59 Å². The minimum absolute atomic E-state index is 0.00436. The van der Waals surface area contributed by atoms with Crippen LogP contribution in [0.3, 0.4) is 0 Å². The number of nitrogens with one attached hydrogen (secondary N) is 3. The lowest BCUT2D eigenvalue weighted by molar-refractivity contribution is -0.156. The Morgan fingerprint density at radius 3 is 1.81 bits per heavy atom. The van der Waals surface area contributed by atoms with Gasteiger partial charge in [-0.1, -0.05) is 11.8 Å². The number of nitrogens with zero attached hydrogens (tertiary/aromatic N) is 3. The van der Waals surface area contributed by atoms with E-state index in [9.17, 15) is 43.5 Å².